The lowest BCUT2D eigenvalue weighted by atomic mass is 10.0. The number of aliphatic hydroxyl groups is 1. The highest BCUT2D eigenvalue weighted by Crippen LogP contribution is 2.43. The third-order valence-electron chi connectivity index (χ3n) is 9.87. The van der Waals surface area contributed by atoms with Gasteiger partial charge in [-0.3, -0.25) is 13.8 Å². The number of aliphatic hydroxyl groups excluding tert-OH is 1. The molecule has 0 saturated carbocycles. The van der Waals surface area contributed by atoms with Crippen LogP contribution in [0.3, 0.4) is 0 Å². The predicted octanol–water partition coefficient (Wildman–Crippen LogP) is 12.0. The molecular formula is C42H85N2O6P. The summed E-state index contributed by atoms with van der Waals surface area (Å²) >= 11 is 0. The minimum atomic E-state index is -4.31. The molecule has 3 unspecified atom stereocenters. The minimum absolute atomic E-state index is 0.0892. The van der Waals surface area contributed by atoms with Crippen LogP contribution in [0.5, 0.6) is 0 Å². The highest BCUT2D eigenvalue weighted by molar-refractivity contribution is 7.47. The van der Waals surface area contributed by atoms with Crippen molar-refractivity contribution in [3.05, 3.63) is 12.2 Å². The second-order valence-corrected chi connectivity index (χ2v) is 16.4. The molecule has 1 amide bonds. The number of rotatable bonds is 41. The van der Waals surface area contributed by atoms with Crippen molar-refractivity contribution in [3.8, 4) is 0 Å². The number of carbonyl (C=O) groups excluding carboxylic acids is 1. The molecule has 304 valence electrons. The first-order valence-electron chi connectivity index (χ1n) is 21.8. The first-order valence-corrected chi connectivity index (χ1v) is 23.3. The number of nitrogens with two attached hydrogens (primary N) is 1. The molecule has 5 N–H and O–H groups in total. The minimum Gasteiger partial charge on any atom is -0.391 e. The molecule has 0 aliphatic rings. The van der Waals surface area contributed by atoms with Gasteiger partial charge < -0.3 is 21.1 Å². The molecule has 0 spiro atoms. The summed E-state index contributed by atoms with van der Waals surface area (Å²) in [7, 11) is -4.31. The molecule has 9 heteroatoms. The number of hydrogen-bond acceptors (Lipinski definition) is 6. The average molecular weight is 745 g/mol. The third kappa shape index (κ3) is 37.4. The summed E-state index contributed by atoms with van der Waals surface area (Å²) in [5.41, 5.74) is 5.38. The van der Waals surface area contributed by atoms with E-state index in [0.717, 1.165) is 51.4 Å². The molecule has 0 aromatic rings. The van der Waals surface area contributed by atoms with Crippen molar-refractivity contribution in [1.82, 2.24) is 5.32 Å². The standard InChI is InChI=1S/C42H85N2O6P/c1-3-5-7-9-11-13-15-17-18-19-20-21-22-24-25-27-29-31-33-35-41(45)40(39-50-51(47,48)49-38-37-43)44-42(46)36-34-32-30-28-26-23-16-14-12-10-8-6-4-2/h14,16,40-41,45H,3-13,15,17-39,43H2,1-2H3,(H,44,46)(H,47,48)/b16-14-. The van der Waals surface area contributed by atoms with E-state index in [9.17, 15) is 19.4 Å². The Kier molecular flexibility index (Phi) is 38.4. The van der Waals surface area contributed by atoms with E-state index in [1.54, 1.807) is 0 Å². The number of hydrogen-bond donors (Lipinski definition) is 4. The quantitative estimate of drug-likeness (QED) is 0.0278. The monoisotopic (exact) mass is 745 g/mol. The molecule has 0 bridgehead atoms. The Morgan fingerprint density at radius 3 is 1.47 bits per heavy atom. The van der Waals surface area contributed by atoms with Crippen LogP contribution in [-0.2, 0) is 18.4 Å². The summed E-state index contributed by atoms with van der Waals surface area (Å²) in [4.78, 5) is 22.7. The normalized spacial score (nSPS) is 14.2. The van der Waals surface area contributed by atoms with Crippen molar-refractivity contribution in [3.63, 3.8) is 0 Å². The summed E-state index contributed by atoms with van der Waals surface area (Å²) < 4.78 is 22.2. The maximum atomic E-state index is 12.7. The van der Waals surface area contributed by atoms with Crippen molar-refractivity contribution in [2.75, 3.05) is 19.8 Å². The fourth-order valence-corrected chi connectivity index (χ4v) is 7.30. The zero-order valence-corrected chi connectivity index (χ0v) is 34.5. The van der Waals surface area contributed by atoms with E-state index >= 15 is 0 Å². The highest BCUT2D eigenvalue weighted by atomic mass is 31.2. The van der Waals surface area contributed by atoms with Crippen LogP contribution in [-0.4, -0.2) is 47.8 Å². The summed E-state index contributed by atoms with van der Waals surface area (Å²) in [5.74, 6) is -0.169. The van der Waals surface area contributed by atoms with Gasteiger partial charge in [0.1, 0.15) is 0 Å². The summed E-state index contributed by atoms with van der Waals surface area (Å²) in [6.07, 6.45) is 42.2. The molecule has 0 aliphatic carbocycles. The highest BCUT2D eigenvalue weighted by Gasteiger charge is 2.27. The Hall–Kier alpha value is -0.760. The Labute approximate surface area is 315 Å². The van der Waals surface area contributed by atoms with Gasteiger partial charge in [0.15, 0.2) is 0 Å². The van der Waals surface area contributed by atoms with Gasteiger partial charge in [-0.1, -0.05) is 187 Å². The van der Waals surface area contributed by atoms with Crippen LogP contribution in [0.4, 0.5) is 0 Å². The maximum Gasteiger partial charge on any atom is 0.472 e. The molecule has 0 heterocycles. The first kappa shape index (κ1) is 50.2. The lowest BCUT2D eigenvalue weighted by Gasteiger charge is -2.25. The number of allylic oxidation sites excluding steroid dienone is 2. The van der Waals surface area contributed by atoms with Crippen LogP contribution in [0.25, 0.3) is 0 Å². The second-order valence-electron chi connectivity index (χ2n) is 14.9. The van der Waals surface area contributed by atoms with Crippen molar-refractivity contribution in [2.24, 2.45) is 5.73 Å². The lowest BCUT2D eigenvalue weighted by Crippen LogP contribution is -2.46. The van der Waals surface area contributed by atoms with Gasteiger partial charge in [-0.25, -0.2) is 4.57 Å². The zero-order valence-electron chi connectivity index (χ0n) is 33.6. The lowest BCUT2D eigenvalue weighted by molar-refractivity contribution is -0.123. The molecule has 3 atom stereocenters. The van der Waals surface area contributed by atoms with E-state index in [-0.39, 0.29) is 25.7 Å². The van der Waals surface area contributed by atoms with E-state index in [2.05, 4.69) is 31.3 Å². The Bertz CT molecular complexity index is 814. The number of carbonyl (C=O) groups is 1. The summed E-state index contributed by atoms with van der Waals surface area (Å²) in [6.45, 7) is 4.20. The third-order valence-corrected chi connectivity index (χ3v) is 10.9. The van der Waals surface area contributed by atoms with Crippen LogP contribution in [0.15, 0.2) is 12.2 Å². The number of phosphoric acid groups is 1. The number of amides is 1. The largest absolute Gasteiger partial charge is 0.472 e. The van der Waals surface area contributed by atoms with Gasteiger partial charge in [-0.05, 0) is 38.5 Å². The molecule has 51 heavy (non-hydrogen) atoms. The predicted molar refractivity (Wildman–Crippen MR) is 217 cm³/mol. The van der Waals surface area contributed by atoms with E-state index < -0.39 is 20.0 Å². The summed E-state index contributed by atoms with van der Waals surface area (Å²) in [6, 6.07) is -0.774. The molecule has 0 aromatic heterocycles. The van der Waals surface area contributed by atoms with Crippen LogP contribution >= 0.6 is 7.82 Å². The van der Waals surface area contributed by atoms with E-state index in [1.807, 2.05) is 0 Å². The van der Waals surface area contributed by atoms with Crippen molar-refractivity contribution < 1.29 is 28.4 Å². The van der Waals surface area contributed by atoms with Gasteiger partial charge in [-0.2, -0.15) is 0 Å². The first-order chi connectivity index (χ1) is 24.9. The van der Waals surface area contributed by atoms with Crippen molar-refractivity contribution in [2.45, 2.75) is 231 Å². The van der Waals surface area contributed by atoms with Crippen LogP contribution < -0.4 is 11.1 Å². The van der Waals surface area contributed by atoms with E-state index in [0.29, 0.717) is 12.8 Å². The smallest absolute Gasteiger partial charge is 0.391 e. The molecule has 8 nitrogen and oxygen atoms in total. The van der Waals surface area contributed by atoms with Gasteiger partial charge in [0.25, 0.3) is 0 Å². The second kappa shape index (κ2) is 38.9. The molecule has 0 fully saturated rings. The molecule has 0 saturated heterocycles. The van der Waals surface area contributed by atoms with Gasteiger partial charge >= 0.3 is 7.82 Å². The molecular weight excluding hydrogens is 659 g/mol. The van der Waals surface area contributed by atoms with Crippen molar-refractivity contribution in [1.29, 1.82) is 0 Å². The maximum absolute atomic E-state index is 12.7. The number of unbranched alkanes of at least 4 members (excludes halogenated alkanes) is 27. The average Bonchev–Trinajstić information content (AvgIpc) is 3.12. The zero-order chi connectivity index (χ0) is 37.5. The van der Waals surface area contributed by atoms with Crippen LogP contribution in [0.2, 0.25) is 0 Å². The van der Waals surface area contributed by atoms with Gasteiger partial charge in [0, 0.05) is 13.0 Å². The van der Waals surface area contributed by atoms with E-state index in [4.69, 9.17) is 14.8 Å². The van der Waals surface area contributed by atoms with Gasteiger partial charge in [0.2, 0.25) is 5.91 Å². The van der Waals surface area contributed by atoms with Crippen molar-refractivity contribution >= 4 is 13.7 Å². The Balaban J connectivity index is 4.12. The number of nitrogens with one attached hydrogen (secondary N) is 1. The summed E-state index contributed by atoms with van der Waals surface area (Å²) in [5, 5.41) is 13.8. The Morgan fingerprint density at radius 2 is 1.02 bits per heavy atom. The SMILES string of the molecule is CCCCCC/C=C\CCCCCCCC(=O)NC(COP(=O)(O)OCCN)C(O)CCCCCCCCCCCCCCCCCCCCC. The fraction of sp³-hybridized carbons (Fsp3) is 0.929. The number of phosphoric ester groups is 1. The molecule has 0 radical (unpaired) electrons. The topological polar surface area (TPSA) is 131 Å². The molecule has 0 aliphatic heterocycles. The van der Waals surface area contributed by atoms with Crippen LogP contribution in [0, 0.1) is 0 Å². The van der Waals surface area contributed by atoms with Gasteiger partial charge in [0.05, 0.1) is 25.4 Å². The van der Waals surface area contributed by atoms with Gasteiger partial charge in [-0.15, -0.1) is 0 Å². The van der Waals surface area contributed by atoms with E-state index in [1.165, 1.54) is 141 Å². The Morgan fingerprint density at radius 1 is 0.627 bits per heavy atom. The van der Waals surface area contributed by atoms with Crippen LogP contribution in [0.1, 0.15) is 219 Å². The molecule has 0 rings (SSSR count). The fourth-order valence-electron chi connectivity index (χ4n) is 6.54. The molecule has 0 aromatic carbocycles.